The van der Waals surface area contributed by atoms with Crippen LogP contribution in [0, 0.1) is 5.92 Å². The van der Waals surface area contributed by atoms with Crippen molar-refractivity contribution in [3.05, 3.63) is 54.1 Å². The molecule has 1 aromatic heterocycles. The first-order valence-electron chi connectivity index (χ1n) is 22.8. The van der Waals surface area contributed by atoms with Crippen LogP contribution < -0.4 is 15.5 Å². The zero-order chi connectivity index (χ0) is 46.8. The van der Waals surface area contributed by atoms with E-state index in [9.17, 15) is 19.3 Å². The van der Waals surface area contributed by atoms with Crippen molar-refractivity contribution in [2.75, 3.05) is 97.8 Å². The first-order valence-corrected chi connectivity index (χ1v) is 23.9. The summed E-state index contributed by atoms with van der Waals surface area (Å²) in [6.45, 7) is 18.3. The van der Waals surface area contributed by atoms with Gasteiger partial charge in [-0.1, -0.05) is 102 Å². The number of para-hydroxylation sites is 1. The van der Waals surface area contributed by atoms with Crippen molar-refractivity contribution in [3.8, 4) is 22.5 Å². The van der Waals surface area contributed by atoms with Crippen LogP contribution in [0.4, 0.5) is 5.69 Å². The normalized spacial score (nSPS) is 12.0. The number of rotatable bonds is 31. The standard InChI is InChI=1S/C42H63N6O11P.2C2H6/c1-33(2)42(51)44-19-22-54-24-26-56-28-30-58-31-29-57-27-25-55-23-20-48-41-35-13-7-6-12-34(35)32-47(37-15-9-8-14-36(37)40(41)45-46-48)39(50)17-16-38(49)43-18-10-4-5-11-21-59-60(52)53-3;2*1-2/h6-9,12-15,33,52H,4-5,10-11,16-32H2,1-3H3,(H,43,49)(H,44,51);2*1-2H3. The number of carbonyl (C=O) groups excluding carboxylic acids is 3. The Morgan fingerprint density at radius 3 is 1.92 bits per heavy atom. The molecule has 3 amide bonds. The second-order valence-corrected chi connectivity index (χ2v) is 15.3. The lowest BCUT2D eigenvalue weighted by Gasteiger charge is -2.28. The van der Waals surface area contributed by atoms with E-state index in [1.54, 1.807) is 4.90 Å². The van der Waals surface area contributed by atoms with E-state index in [-0.39, 0.29) is 36.5 Å². The molecule has 0 bridgehead atoms. The third-order valence-corrected chi connectivity index (χ3v) is 10.1. The maximum absolute atomic E-state index is 13.8. The van der Waals surface area contributed by atoms with E-state index in [1.807, 2.05) is 94.8 Å². The molecule has 17 nitrogen and oxygen atoms in total. The fourth-order valence-electron chi connectivity index (χ4n) is 6.22. The topological polar surface area (TPSA) is 194 Å². The smallest absolute Gasteiger partial charge is 0.329 e. The van der Waals surface area contributed by atoms with Crippen LogP contribution in [-0.4, -0.2) is 130 Å². The highest BCUT2D eigenvalue weighted by Gasteiger charge is 2.29. The Balaban J connectivity index is 0.00000342. The molecular formula is C46H75N6O11P. The molecule has 0 aliphatic carbocycles. The molecule has 360 valence electrons. The van der Waals surface area contributed by atoms with E-state index >= 15 is 0 Å². The van der Waals surface area contributed by atoms with E-state index in [2.05, 4.69) is 20.9 Å². The molecule has 4 rings (SSSR count). The average molecular weight is 919 g/mol. The molecule has 1 unspecified atom stereocenters. The highest BCUT2D eigenvalue weighted by molar-refractivity contribution is 7.40. The van der Waals surface area contributed by atoms with Crippen molar-refractivity contribution in [1.82, 2.24) is 25.6 Å². The number of fused-ring (bicyclic) bond motifs is 5. The number of ether oxygens (including phenoxy) is 5. The third-order valence-electron chi connectivity index (χ3n) is 9.41. The number of nitrogens with one attached hydrogen (secondary N) is 2. The molecule has 2 heterocycles. The molecule has 1 aliphatic rings. The van der Waals surface area contributed by atoms with Crippen molar-refractivity contribution in [2.24, 2.45) is 5.92 Å². The zero-order valence-electron chi connectivity index (χ0n) is 39.3. The van der Waals surface area contributed by atoms with Crippen molar-refractivity contribution in [3.63, 3.8) is 0 Å². The molecule has 1 aliphatic heterocycles. The van der Waals surface area contributed by atoms with Gasteiger partial charge in [0.05, 0.1) is 97.1 Å². The molecule has 2 aromatic carbocycles. The molecule has 0 saturated carbocycles. The summed E-state index contributed by atoms with van der Waals surface area (Å²) in [7, 11) is -0.391. The Kier molecular flexibility index (Phi) is 31.1. The minimum Gasteiger partial charge on any atom is -0.377 e. The van der Waals surface area contributed by atoms with Gasteiger partial charge in [0.15, 0.2) is 0 Å². The quantitative estimate of drug-likeness (QED) is 0.0456. The number of amides is 3. The van der Waals surface area contributed by atoms with Crippen molar-refractivity contribution >= 4 is 32.0 Å². The molecule has 0 radical (unpaired) electrons. The van der Waals surface area contributed by atoms with Gasteiger partial charge in [-0.2, -0.15) is 0 Å². The third kappa shape index (κ3) is 21.4. The van der Waals surface area contributed by atoms with Crippen LogP contribution in [0.3, 0.4) is 0 Å². The van der Waals surface area contributed by atoms with Crippen LogP contribution in [0.25, 0.3) is 22.5 Å². The monoisotopic (exact) mass is 919 g/mol. The Morgan fingerprint density at radius 2 is 1.28 bits per heavy atom. The van der Waals surface area contributed by atoms with E-state index in [1.165, 1.54) is 7.11 Å². The summed E-state index contributed by atoms with van der Waals surface area (Å²) in [5, 5.41) is 14.9. The number of aromatic nitrogens is 3. The minimum absolute atomic E-state index is 0.0173. The van der Waals surface area contributed by atoms with Gasteiger partial charge in [-0.25, -0.2) is 4.68 Å². The second-order valence-electron chi connectivity index (χ2n) is 14.2. The highest BCUT2D eigenvalue weighted by Crippen LogP contribution is 2.41. The van der Waals surface area contributed by atoms with Gasteiger partial charge in [-0.3, -0.25) is 14.4 Å². The molecule has 0 spiro atoms. The molecule has 0 saturated heterocycles. The molecule has 18 heteroatoms. The zero-order valence-corrected chi connectivity index (χ0v) is 40.2. The van der Waals surface area contributed by atoms with Crippen LogP contribution in [0.5, 0.6) is 0 Å². The molecule has 64 heavy (non-hydrogen) atoms. The summed E-state index contributed by atoms with van der Waals surface area (Å²) in [5.74, 6) is -0.333. The van der Waals surface area contributed by atoms with E-state index in [4.69, 9.17) is 32.7 Å². The Morgan fingerprint density at radius 1 is 0.703 bits per heavy atom. The van der Waals surface area contributed by atoms with Crippen LogP contribution >= 0.6 is 8.60 Å². The summed E-state index contributed by atoms with van der Waals surface area (Å²) in [5.41, 5.74) is 4.88. The predicted molar refractivity (Wildman–Crippen MR) is 250 cm³/mol. The number of benzene rings is 2. The average Bonchev–Trinajstić information content (AvgIpc) is 3.73. The van der Waals surface area contributed by atoms with Crippen LogP contribution in [-0.2, 0) is 60.2 Å². The van der Waals surface area contributed by atoms with Crippen LogP contribution in [0.1, 0.15) is 85.6 Å². The number of carbonyl (C=O) groups is 3. The first kappa shape index (κ1) is 56.2. The lowest BCUT2D eigenvalue weighted by atomic mass is 9.95. The largest absolute Gasteiger partial charge is 0.377 e. The fourth-order valence-corrected chi connectivity index (χ4v) is 6.62. The molecule has 1 atom stereocenters. The summed E-state index contributed by atoms with van der Waals surface area (Å²) in [4.78, 5) is 49.1. The van der Waals surface area contributed by atoms with Gasteiger partial charge in [0.1, 0.15) is 5.69 Å². The maximum atomic E-state index is 13.8. The van der Waals surface area contributed by atoms with Crippen molar-refractivity contribution in [1.29, 1.82) is 0 Å². The van der Waals surface area contributed by atoms with Gasteiger partial charge in [0, 0.05) is 50.1 Å². The maximum Gasteiger partial charge on any atom is 0.329 e. The molecule has 3 N–H and O–H groups in total. The first-order chi connectivity index (χ1) is 31.3. The van der Waals surface area contributed by atoms with Crippen molar-refractivity contribution in [2.45, 2.75) is 93.2 Å². The van der Waals surface area contributed by atoms with Crippen LogP contribution in [0.2, 0.25) is 0 Å². The van der Waals surface area contributed by atoms with Gasteiger partial charge >= 0.3 is 8.60 Å². The summed E-state index contributed by atoms with van der Waals surface area (Å²) in [6, 6.07) is 15.6. The molecule has 3 aromatic rings. The van der Waals surface area contributed by atoms with Crippen LogP contribution in [0.15, 0.2) is 48.5 Å². The van der Waals surface area contributed by atoms with E-state index in [0.717, 1.165) is 48.1 Å². The lowest BCUT2D eigenvalue weighted by Crippen LogP contribution is -2.33. The Labute approximate surface area is 382 Å². The van der Waals surface area contributed by atoms with Gasteiger partial charge in [0.2, 0.25) is 17.7 Å². The lowest BCUT2D eigenvalue weighted by molar-refractivity contribution is -0.125. The Bertz CT molecular complexity index is 1720. The highest BCUT2D eigenvalue weighted by atomic mass is 31.2. The SMILES string of the molecule is CC.CC.COP(O)OCCCCCCNC(=O)CCC(=O)N1Cc2ccccc2-c2c(nnn2CCOCCOCCOCCOCCOCCNC(=O)C(C)C)-c2ccccc21. The van der Waals surface area contributed by atoms with Gasteiger partial charge < -0.3 is 53.2 Å². The molecule has 0 fully saturated rings. The minimum atomic E-state index is -1.79. The number of hydrogen-bond acceptors (Lipinski definition) is 13. The fraction of sp³-hybridized carbons (Fsp3) is 0.630. The van der Waals surface area contributed by atoms with Gasteiger partial charge in [-0.15, -0.1) is 5.10 Å². The van der Waals surface area contributed by atoms with Gasteiger partial charge in [-0.05, 0) is 24.5 Å². The van der Waals surface area contributed by atoms with Crippen molar-refractivity contribution < 1.29 is 52.0 Å². The number of unbranched alkanes of at least 4 members (excludes halogenated alkanes) is 3. The summed E-state index contributed by atoms with van der Waals surface area (Å²) in [6.07, 6.45) is 3.58. The summed E-state index contributed by atoms with van der Waals surface area (Å²) >= 11 is 0. The number of anilines is 1. The Hall–Kier alpha value is -3.90. The molecular weight excluding hydrogens is 844 g/mol. The van der Waals surface area contributed by atoms with E-state index < -0.39 is 8.60 Å². The van der Waals surface area contributed by atoms with Gasteiger partial charge in [0.25, 0.3) is 0 Å². The summed E-state index contributed by atoms with van der Waals surface area (Å²) < 4.78 is 39.7. The van der Waals surface area contributed by atoms with E-state index in [0.29, 0.717) is 110 Å². The second kappa shape index (κ2) is 35.4. The number of hydrogen-bond donors (Lipinski definition) is 3. The number of nitrogens with zero attached hydrogens (tertiary/aromatic N) is 4. The predicted octanol–water partition coefficient (Wildman–Crippen LogP) is 6.71.